The zero-order chi connectivity index (χ0) is 13.0. The third-order valence-corrected chi connectivity index (χ3v) is 2.53. The van der Waals surface area contributed by atoms with E-state index in [0.717, 1.165) is 6.42 Å². The molecule has 96 valence electrons. The number of hydrogen-bond acceptors (Lipinski definition) is 4. The first-order chi connectivity index (χ1) is 7.91. The Hall–Kier alpha value is -1.36. The standard InChI is InChI=1S/C12H22N4O/c1-8(2)16-6-5-14-11(12(16)17)15-10(4)7-9(3)13/h5-6,8-10H,7,13H2,1-4H3,(H,14,15). The van der Waals surface area contributed by atoms with Gasteiger partial charge in [0.2, 0.25) is 0 Å². The van der Waals surface area contributed by atoms with E-state index < -0.39 is 0 Å². The Kier molecular flexibility index (Phi) is 4.69. The van der Waals surface area contributed by atoms with Gasteiger partial charge in [-0.3, -0.25) is 4.79 Å². The fraction of sp³-hybridized carbons (Fsp3) is 0.667. The predicted octanol–water partition coefficient (Wildman–Crippen LogP) is 1.36. The molecule has 0 aliphatic carbocycles. The SMILES string of the molecule is CC(N)CC(C)Nc1nccn(C(C)C)c1=O. The summed E-state index contributed by atoms with van der Waals surface area (Å²) in [6.07, 6.45) is 4.15. The predicted molar refractivity (Wildman–Crippen MR) is 70.2 cm³/mol. The van der Waals surface area contributed by atoms with Crippen LogP contribution in [0.1, 0.15) is 40.2 Å². The summed E-state index contributed by atoms with van der Waals surface area (Å²) in [6.45, 7) is 7.88. The number of rotatable bonds is 5. The average Bonchev–Trinajstić information content (AvgIpc) is 2.19. The molecular formula is C12H22N4O. The van der Waals surface area contributed by atoms with Gasteiger partial charge in [-0.25, -0.2) is 4.98 Å². The van der Waals surface area contributed by atoms with Crippen LogP contribution in [0.4, 0.5) is 5.82 Å². The molecule has 17 heavy (non-hydrogen) atoms. The van der Waals surface area contributed by atoms with Crippen molar-refractivity contribution in [3.8, 4) is 0 Å². The molecule has 1 aromatic rings. The zero-order valence-corrected chi connectivity index (χ0v) is 11.0. The molecule has 2 atom stereocenters. The minimum atomic E-state index is -0.0842. The molecule has 1 rings (SSSR count). The van der Waals surface area contributed by atoms with Gasteiger partial charge in [0, 0.05) is 30.5 Å². The Morgan fingerprint density at radius 1 is 1.41 bits per heavy atom. The summed E-state index contributed by atoms with van der Waals surface area (Å²) in [5.41, 5.74) is 5.64. The maximum absolute atomic E-state index is 12.0. The summed E-state index contributed by atoms with van der Waals surface area (Å²) < 4.78 is 1.66. The second-order valence-corrected chi connectivity index (χ2v) is 4.84. The molecule has 1 aromatic heterocycles. The van der Waals surface area contributed by atoms with Crippen molar-refractivity contribution in [3.63, 3.8) is 0 Å². The fourth-order valence-electron chi connectivity index (χ4n) is 1.78. The van der Waals surface area contributed by atoms with Gasteiger partial charge >= 0.3 is 0 Å². The maximum Gasteiger partial charge on any atom is 0.293 e. The molecule has 0 fully saturated rings. The van der Waals surface area contributed by atoms with Crippen LogP contribution in [0.3, 0.4) is 0 Å². The highest BCUT2D eigenvalue weighted by molar-refractivity contribution is 5.32. The molecule has 0 aliphatic rings. The van der Waals surface area contributed by atoms with Crippen molar-refractivity contribution in [1.82, 2.24) is 9.55 Å². The molecule has 5 heteroatoms. The average molecular weight is 238 g/mol. The van der Waals surface area contributed by atoms with E-state index in [9.17, 15) is 4.79 Å². The summed E-state index contributed by atoms with van der Waals surface area (Å²) in [4.78, 5) is 16.1. The number of aromatic nitrogens is 2. The minimum Gasteiger partial charge on any atom is -0.363 e. The Labute approximate surface area is 102 Å². The van der Waals surface area contributed by atoms with Crippen LogP contribution < -0.4 is 16.6 Å². The van der Waals surface area contributed by atoms with Crippen molar-refractivity contribution >= 4 is 5.82 Å². The Morgan fingerprint density at radius 2 is 2.06 bits per heavy atom. The van der Waals surface area contributed by atoms with Crippen LogP contribution in [-0.2, 0) is 0 Å². The first-order valence-electron chi connectivity index (χ1n) is 6.01. The van der Waals surface area contributed by atoms with Crippen molar-refractivity contribution in [2.75, 3.05) is 5.32 Å². The molecule has 0 bridgehead atoms. The monoisotopic (exact) mass is 238 g/mol. The van der Waals surface area contributed by atoms with E-state index in [-0.39, 0.29) is 23.7 Å². The number of nitrogens with two attached hydrogens (primary N) is 1. The van der Waals surface area contributed by atoms with Crippen LogP contribution in [0.15, 0.2) is 17.2 Å². The van der Waals surface area contributed by atoms with Gasteiger partial charge in [0.05, 0.1) is 0 Å². The van der Waals surface area contributed by atoms with E-state index >= 15 is 0 Å². The van der Waals surface area contributed by atoms with Crippen molar-refractivity contribution in [3.05, 3.63) is 22.7 Å². The second-order valence-electron chi connectivity index (χ2n) is 4.84. The van der Waals surface area contributed by atoms with Crippen LogP contribution in [0.2, 0.25) is 0 Å². The molecule has 5 nitrogen and oxygen atoms in total. The summed E-state index contributed by atoms with van der Waals surface area (Å²) >= 11 is 0. The Bertz CT molecular complexity index is 411. The lowest BCUT2D eigenvalue weighted by Crippen LogP contribution is -2.31. The summed E-state index contributed by atoms with van der Waals surface area (Å²) in [5, 5.41) is 3.11. The lowest BCUT2D eigenvalue weighted by molar-refractivity contribution is 0.569. The number of nitrogens with zero attached hydrogens (tertiary/aromatic N) is 2. The van der Waals surface area contributed by atoms with Gasteiger partial charge in [0.1, 0.15) is 0 Å². The largest absolute Gasteiger partial charge is 0.363 e. The van der Waals surface area contributed by atoms with E-state index in [2.05, 4.69) is 10.3 Å². The number of nitrogens with one attached hydrogen (secondary N) is 1. The molecular weight excluding hydrogens is 216 g/mol. The fourth-order valence-corrected chi connectivity index (χ4v) is 1.78. The molecule has 0 aliphatic heterocycles. The minimum absolute atomic E-state index is 0.0842. The lowest BCUT2D eigenvalue weighted by Gasteiger charge is -2.17. The van der Waals surface area contributed by atoms with Gasteiger partial charge in [0.15, 0.2) is 5.82 Å². The summed E-state index contributed by atoms with van der Waals surface area (Å²) in [6, 6.07) is 0.376. The van der Waals surface area contributed by atoms with Crippen molar-refractivity contribution in [2.45, 2.75) is 52.2 Å². The molecule has 2 unspecified atom stereocenters. The van der Waals surface area contributed by atoms with Gasteiger partial charge in [-0.05, 0) is 34.1 Å². The van der Waals surface area contributed by atoms with Crippen LogP contribution in [0.5, 0.6) is 0 Å². The lowest BCUT2D eigenvalue weighted by atomic mass is 10.1. The van der Waals surface area contributed by atoms with Crippen molar-refractivity contribution in [1.29, 1.82) is 0 Å². The third-order valence-electron chi connectivity index (χ3n) is 2.53. The molecule has 0 spiro atoms. The van der Waals surface area contributed by atoms with Crippen LogP contribution in [0, 0.1) is 0 Å². The van der Waals surface area contributed by atoms with E-state index in [1.165, 1.54) is 0 Å². The third kappa shape index (κ3) is 3.85. The van der Waals surface area contributed by atoms with Crippen LogP contribution >= 0.6 is 0 Å². The van der Waals surface area contributed by atoms with Gasteiger partial charge in [-0.1, -0.05) is 0 Å². The van der Waals surface area contributed by atoms with Gasteiger partial charge in [-0.15, -0.1) is 0 Å². The number of hydrogen-bond donors (Lipinski definition) is 2. The highest BCUT2D eigenvalue weighted by Crippen LogP contribution is 2.05. The molecule has 0 aromatic carbocycles. The first-order valence-corrected chi connectivity index (χ1v) is 6.01. The molecule has 0 radical (unpaired) electrons. The zero-order valence-electron chi connectivity index (χ0n) is 11.0. The Morgan fingerprint density at radius 3 is 2.59 bits per heavy atom. The molecule has 1 heterocycles. The van der Waals surface area contributed by atoms with Crippen molar-refractivity contribution < 1.29 is 0 Å². The van der Waals surface area contributed by atoms with Gasteiger partial charge in [-0.2, -0.15) is 0 Å². The van der Waals surface area contributed by atoms with E-state index in [4.69, 9.17) is 5.73 Å². The molecule has 0 amide bonds. The second kappa shape index (κ2) is 5.82. The summed E-state index contributed by atoms with van der Waals surface area (Å²) in [7, 11) is 0. The van der Waals surface area contributed by atoms with Crippen molar-refractivity contribution in [2.24, 2.45) is 5.73 Å². The highest BCUT2D eigenvalue weighted by atomic mass is 16.1. The molecule has 3 N–H and O–H groups in total. The Balaban J connectivity index is 2.85. The quantitative estimate of drug-likeness (QED) is 0.812. The van der Waals surface area contributed by atoms with E-state index in [1.807, 2.05) is 27.7 Å². The van der Waals surface area contributed by atoms with Gasteiger partial charge in [0.25, 0.3) is 5.56 Å². The topological polar surface area (TPSA) is 72.9 Å². The maximum atomic E-state index is 12.0. The van der Waals surface area contributed by atoms with Crippen LogP contribution in [-0.4, -0.2) is 21.6 Å². The molecule has 0 saturated heterocycles. The smallest absolute Gasteiger partial charge is 0.293 e. The first kappa shape index (κ1) is 13.7. The van der Waals surface area contributed by atoms with Crippen LogP contribution in [0.25, 0.3) is 0 Å². The number of anilines is 1. The highest BCUT2D eigenvalue weighted by Gasteiger charge is 2.10. The molecule has 0 saturated carbocycles. The van der Waals surface area contributed by atoms with E-state index in [1.54, 1.807) is 17.0 Å². The normalized spacial score (nSPS) is 14.7. The van der Waals surface area contributed by atoms with E-state index in [0.29, 0.717) is 5.82 Å². The van der Waals surface area contributed by atoms with Gasteiger partial charge < -0.3 is 15.6 Å². The summed E-state index contributed by atoms with van der Waals surface area (Å²) in [5.74, 6) is 0.398.